The van der Waals surface area contributed by atoms with Crippen LogP contribution >= 0.6 is 22.6 Å². The average molecular weight is 497 g/mol. The van der Waals surface area contributed by atoms with Crippen LogP contribution < -0.4 is 16.4 Å². The number of amides is 3. The second-order valence-electron chi connectivity index (χ2n) is 6.34. The Kier molecular flexibility index (Phi) is 7.91. The maximum atomic E-state index is 13.9. The van der Waals surface area contributed by atoms with Crippen molar-refractivity contribution in [3.63, 3.8) is 0 Å². The molecular formula is C20H21FIN3O3. The number of rotatable bonds is 8. The summed E-state index contributed by atoms with van der Waals surface area (Å²) >= 11 is 2.16. The molecule has 148 valence electrons. The van der Waals surface area contributed by atoms with E-state index in [1.807, 2.05) is 24.3 Å². The van der Waals surface area contributed by atoms with E-state index in [9.17, 15) is 18.8 Å². The van der Waals surface area contributed by atoms with Crippen molar-refractivity contribution >= 4 is 40.3 Å². The van der Waals surface area contributed by atoms with Gasteiger partial charge >= 0.3 is 0 Å². The van der Waals surface area contributed by atoms with E-state index >= 15 is 0 Å². The highest BCUT2D eigenvalue weighted by atomic mass is 127. The van der Waals surface area contributed by atoms with Crippen LogP contribution in [0.1, 0.15) is 18.1 Å². The third-order valence-electron chi connectivity index (χ3n) is 4.09. The van der Waals surface area contributed by atoms with Crippen molar-refractivity contribution in [2.24, 2.45) is 5.73 Å². The molecule has 0 aliphatic heterocycles. The van der Waals surface area contributed by atoms with Crippen LogP contribution in [0.15, 0.2) is 48.5 Å². The first-order valence-corrected chi connectivity index (χ1v) is 9.68. The van der Waals surface area contributed by atoms with Crippen molar-refractivity contribution in [2.75, 3.05) is 0 Å². The SMILES string of the molecule is CC(=O)N[C@H](Cc1ccccc1F)C(=O)N[C@@H](Cc1ccc(I)cc1)C(N)=O. The minimum absolute atomic E-state index is 0.0485. The molecule has 2 aromatic rings. The largest absolute Gasteiger partial charge is 0.368 e. The first kappa shape index (κ1) is 21.8. The van der Waals surface area contributed by atoms with E-state index in [2.05, 4.69) is 33.2 Å². The van der Waals surface area contributed by atoms with Gasteiger partial charge < -0.3 is 16.4 Å². The smallest absolute Gasteiger partial charge is 0.243 e. The minimum atomic E-state index is -1.03. The molecule has 2 atom stereocenters. The van der Waals surface area contributed by atoms with Gasteiger partial charge in [0.1, 0.15) is 17.9 Å². The van der Waals surface area contributed by atoms with Crippen LogP contribution in [0, 0.1) is 9.39 Å². The normalized spacial score (nSPS) is 12.7. The highest BCUT2D eigenvalue weighted by Crippen LogP contribution is 2.11. The molecule has 2 rings (SSSR count). The van der Waals surface area contributed by atoms with Gasteiger partial charge in [-0.05, 0) is 51.9 Å². The van der Waals surface area contributed by atoms with E-state index in [0.29, 0.717) is 0 Å². The van der Waals surface area contributed by atoms with Gasteiger partial charge in [0, 0.05) is 23.3 Å². The lowest BCUT2D eigenvalue weighted by Gasteiger charge is -2.22. The highest BCUT2D eigenvalue weighted by Gasteiger charge is 2.26. The Labute approximate surface area is 176 Å². The molecule has 0 saturated heterocycles. The summed E-state index contributed by atoms with van der Waals surface area (Å²) in [6, 6.07) is 11.5. The number of nitrogens with one attached hydrogen (secondary N) is 2. The minimum Gasteiger partial charge on any atom is -0.368 e. The summed E-state index contributed by atoms with van der Waals surface area (Å²) in [4.78, 5) is 36.0. The van der Waals surface area contributed by atoms with E-state index in [1.54, 1.807) is 6.07 Å². The predicted molar refractivity (Wildman–Crippen MR) is 112 cm³/mol. The van der Waals surface area contributed by atoms with Gasteiger partial charge in [-0.25, -0.2) is 4.39 Å². The van der Waals surface area contributed by atoms with Crippen molar-refractivity contribution < 1.29 is 18.8 Å². The van der Waals surface area contributed by atoms with Gasteiger partial charge in [0.2, 0.25) is 17.7 Å². The Morgan fingerprint density at radius 3 is 2.21 bits per heavy atom. The third kappa shape index (κ3) is 6.59. The topological polar surface area (TPSA) is 101 Å². The molecule has 0 fully saturated rings. The van der Waals surface area contributed by atoms with Gasteiger partial charge in [-0.2, -0.15) is 0 Å². The number of carbonyl (C=O) groups is 3. The van der Waals surface area contributed by atoms with Crippen LogP contribution in [-0.2, 0) is 27.2 Å². The number of hydrogen-bond acceptors (Lipinski definition) is 3. The maximum Gasteiger partial charge on any atom is 0.243 e. The first-order valence-electron chi connectivity index (χ1n) is 8.61. The first-order chi connectivity index (χ1) is 13.3. The van der Waals surface area contributed by atoms with Gasteiger partial charge in [-0.15, -0.1) is 0 Å². The number of nitrogens with two attached hydrogens (primary N) is 1. The van der Waals surface area contributed by atoms with Gasteiger partial charge in [-0.1, -0.05) is 30.3 Å². The standard InChI is InChI=1S/C20H21FIN3O3/c1-12(26)24-18(11-14-4-2-3-5-16(14)21)20(28)25-17(19(23)27)10-13-6-8-15(22)9-7-13/h2-9,17-18H,10-11H2,1H3,(H2,23,27)(H,24,26)(H,25,28)/t17-,18+/m0/s1. The molecule has 2 aromatic carbocycles. The molecule has 6 nitrogen and oxygen atoms in total. The van der Waals surface area contributed by atoms with Crippen molar-refractivity contribution in [1.29, 1.82) is 0 Å². The Bertz CT molecular complexity index is 858. The number of primary amides is 1. The number of benzene rings is 2. The van der Waals surface area contributed by atoms with Crippen molar-refractivity contribution in [3.05, 3.63) is 69.0 Å². The molecule has 3 amide bonds. The molecule has 0 aromatic heterocycles. The molecular weight excluding hydrogens is 476 g/mol. The molecule has 0 aliphatic rings. The molecule has 0 aliphatic carbocycles. The maximum absolute atomic E-state index is 13.9. The highest BCUT2D eigenvalue weighted by molar-refractivity contribution is 14.1. The van der Waals surface area contributed by atoms with Gasteiger partial charge in [-0.3, -0.25) is 14.4 Å². The molecule has 0 radical (unpaired) electrons. The van der Waals surface area contributed by atoms with Crippen molar-refractivity contribution in [3.8, 4) is 0 Å². The Hall–Kier alpha value is -2.49. The lowest BCUT2D eigenvalue weighted by atomic mass is 10.0. The number of hydrogen-bond donors (Lipinski definition) is 3. The lowest BCUT2D eigenvalue weighted by molar-refractivity contribution is -0.130. The summed E-state index contributed by atoms with van der Waals surface area (Å²) in [7, 11) is 0. The van der Waals surface area contributed by atoms with Gasteiger partial charge in [0.15, 0.2) is 0 Å². The monoisotopic (exact) mass is 497 g/mol. The molecule has 28 heavy (non-hydrogen) atoms. The molecule has 8 heteroatoms. The fourth-order valence-corrected chi connectivity index (χ4v) is 3.05. The zero-order valence-electron chi connectivity index (χ0n) is 15.2. The third-order valence-corrected chi connectivity index (χ3v) is 4.81. The Balaban J connectivity index is 2.14. The molecule has 0 bridgehead atoms. The molecule has 0 saturated carbocycles. The van der Waals surface area contributed by atoms with Crippen LogP contribution in [-0.4, -0.2) is 29.8 Å². The van der Waals surface area contributed by atoms with Crippen LogP contribution in [0.5, 0.6) is 0 Å². The molecule has 0 unspecified atom stereocenters. The summed E-state index contributed by atoms with van der Waals surface area (Å²) in [5.41, 5.74) is 6.55. The van der Waals surface area contributed by atoms with E-state index in [-0.39, 0.29) is 18.4 Å². The van der Waals surface area contributed by atoms with Crippen LogP contribution in [0.25, 0.3) is 0 Å². The molecule has 0 spiro atoms. The summed E-state index contributed by atoms with van der Waals surface area (Å²) in [5.74, 6) is -2.21. The van der Waals surface area contributed by atoms with E-state index in [1.165, 1.54) is 25.1 Å². The quantitative estimate of drug-likeness (QED) is 0.484. The molecule has 0 heterocycles. The number of carbonyl (C=O) groups excluding carboxylic acids is 3. The zero-order chi connectivity index (χ0) is 20.7. The van der Waals surface area contributed by atoms with Crippen molar-refractivity contribution in [1.82, 2.24) is 10.6 Å². The Morgan fingerprint density at radius 1 is 1.00 bits per heavy atom. The van der Waals surface area contributed by atoms with E-state index in [0.717, 1.165) is 9.13 Å². The fourth-order valence-electron chi connectivity index (χ4n) is 2.69. The Morgan fingerprint density at radius 2 is 1.64 bits per heavy atom. The predicted octanol–water partition coefficient (Wildman–Crippen LogP) is 1.69. The van der Waals surface area contributed by atoms with E-state index < -0.39 is 35.6 Å². The van der Waals surface area contributed by atoms with Crippen LogP contribution in [0.2, 0.25) is 0 Å². The number of halogens is 2. The van der Waals surface area contributed by atoms with Crippen LogP contribution in [0.4, 0.5) is 4.39 Å². The second kappa shape index (κ2) is 10.2. The summed E-state index contributed by atoms with van der Waals surface area (Å²) < 4.78 is 15.0. The fraction of sp³-hybridized carbons (Fsp3) is 0.250. The lowest BCUT2D eigenvalue weighted by Crippen LogP contribution is -2.54. The second-order valence-corrected chi connectivity index (χ2v) is 7.59. The molecule has 4 N–H and O–H groups in total. The summed E-state index contributed by atoms with van der Waals surface area (Å²) in [6.45, 7) is 1.26. The summed E-state index contributed by atoms with van der Waals surface area (Å²) in [5, 5.41) is 5.07. The van der Waals surface area contributed by atoms with E-state index in [4.69, 9.17) is 5.73 Å². The van der Waals surface area contributed by atoms with Crippen LogP contribution in [0.3, 0.4) is 0 Å². The average Bonchev–Trinajstić information content (AvgIpc) is 2.63. The van der Waals surface area contributed by atoms with Gasteiger partial charge in [0.05, 0.1) is 0 Å². The van der Waals surface area contributed by atoms with Gasteiger partial charge in [0.25, 0.3) is 0 Å². The summed E-state index contributed by atoms with van der Waals surface area (Å²) in [6.07, 6.45) is 0.164. The zero-order valence-corrected chi connectivity index (χ0v) is 17.4. The van der Waals surface area contributed by atoms with Crippen molar-refractivity contribution in [2.45, 2.75) is 31.8 Å².